The maximum atomic E-state index is 11.5. The second-order valence-electron chi connectivity index (χ2n) is 3.69. The number of aromatic nitrogens is 1. The Morgan fingerprint density at radius 1 is 1.63 bits per heavy atom. The molecule has 0 aliphatic rings. The van der Waals surface area contributed by atoms with Gasteiger partial charge in [0.1, 0.15) is 6.10 Å². The molecule has 8 heteroatoms. The van der Waals surface area contributed by atoms with Gasteiger partial charge in [-0.15, -0.1) is 0 Å². The zero-order valence-electron chi connectivity index (χ0n) is 10.3. The predicted molar refractivity (Wildman–Crippen MR) is 65.2 cm³/mol. The number of pyridine rings is 1. The monoisotopic (exact) mass is 266 g/mol. The number of carbonyl (C=O) groups excluding carboxylic acids is 1. The molecule has 2 atom stereocenters. The normalized spacial score (nSPS) is 13.2. The Kier molecular flexibility index (Phi) is 5.74. The van der Waals surface area contributed by atoms with Crippen LogP contribution in [0.1, 0.15) is 28.6 Å². The number of aliphatic hydroxyl groups excluding tert-OH is 2. The quantitative estimate of drug-likeness (QED) is 0.343. The van der Waals surface area contributed by atoms with Crippen molar-refractivity contribution in [2.45, 2.75) is 18.6 Å². The van der Waals surface area contributed by atoms with Crippen molar-refractivity contribution in [2.75, 3.05) is 13.7 Å². The first-order chi connectivity index (χ1) is 9.11. The van der Waals surface area contributed by atoms with Gasteiger partial charge in [-0.25, -0.2) is 9.78 Å². The lowest BCUT2D eigenvalue weighted by atomic mass is 10.0. The molecule has 0 saturated carbocycles. The summed E-state index contributed by atoms with van der Waals surface area (Å²) in [7, 11) is 1.20. The van der Waals surface area contributed by atoms with Crippen LogP contribution in [0.5, 0.6) is 0 Å². The molecular formula is C11H14N4O4. The highest BCUT2D eigenvalue weighted by atomic mass is 16.5. The van der Waals surface area contributed by atoms with Gasteiger partial charge >= 0.3 is 5.97 Å². The molecule has 2 N–H and O–H groups in total. The first-order valence-corrected chi connectivity index (χ1v) is 5.52. The zero-order valence-corrected chi connectivity index (χ0v) is 10.3. The SMILES string of the molecule is COC(=O)c1ncccc1C(O)C(O)CCN=[N+]=[N-]. The van der Waals surface area contributed by atoms with Crippen LogP contribution in [-0.4, -0.2) is 40.9 Å². The maximum absolute atomic E-state index is 11.5. The van der Waals surface area contributed by atoms with Gasteiger partial charge < -0.3 is 14.9 Å². The number of nitrogens with zero attached hydrogens (tertiary/aromatic N) is 4. The first-order valence-electron chi connectivity index (χ1n) is 5.52. The number of rotatable bonds is 6. The molecule has 1 aromatic heterocycles. The molecule has 0 aliphatic heterocycles. The van der Waals surface area contributed by atoms with Crippen LogP contribution in [0.15, 0.2) is 23.4 Å². The van der Waals surface area contributed by atoms with Gasteiger partial charge in [0.05, 0.1) is 13.2 Å². The van der Waals surface area contributed by atoms with Gasteiger partial charge in [-0.2, -0.15) is 0 Å². The predicted octanol–water partition coefficient (Wildman–Crippen LogP) is 0.963. The third kappa shape index (κ3) is 3.92. The molecular weight excluding hydrogens is 252 g/mol. The van der Waals surface area contributed by atoms with Crippen LogP contribution in [0.2, 0.25) is 0 Å². The molecule has 0 bridgehead atoms. The summed E-state index contributed by atoms with van der Waals surface area (Å²) in [5.41, 5.74) is 8.24. The Balaban J connectivity index is 2.89. The fourth-order valence-corrected chi connectivity index (χ4v) is 1.52. The molecule has 0 aliphatic carbocycles. The third-order valence-corrected chi connectivity index (χ3v) is 2.49. The van der Waals surface area contributed by atoms with Crippen LogP contribution in [0.25, 0.3) is 10.4 Å². The van der Waals surface area contributed by atoms with Crippen molar-refractivity contribution in [1.29, 1.82) is 0 Å². The van der Waals surface area contributed by atoms with Crippen molar-refractivity contribution in [1.82, 2.24) is 4.98 Å². The summed E-state index contributed by atoms with van der Waals surface area (Å²) in [5, 5.41) is 23.0. The minimum atomic E-state index is -1.31. The van der Waals surface area contributed by atoms with Gasteiger partial charge in [-0.05, 0) is 18.0 Å². The van der Waals surface area contributed by atoms with E-state index in [0.717, 1.165) is 0 Å². The number of aliphatic hydroxyl groups is 2. The summed E-state index contributed by atoms with van der Waals surface area (Å²) in [6.45, 7) is 0.0442. The minimum Gasteiger partial charge on any atom is -0.464 e. The van der Waals surface area contributed by atoms with Gasteiger partial charge in [-0.3, -0.25) is 0 Å². The molecule has 0 amide bonds. The molecule has 1 aromatic rings. The minimum absolute atomic E-state index is 0.0442. The van der Waals surface area contributed by atoms with Crippen molar-refractivity contribution >= 4 is 5.97 Å². The number of ether oxygens (including phenoxy) is 1. The van der Waals surface area contributed by atoms with E-state index in [9.17, 15) is 15.0 Å². The van der Waals surface area contributed by atoms with E-state index >= 15 is 0 Å². The van der Waals surface area contributed by atoms with Crippen molar-refractivity contribution in [3.8, 4) is 0 Å². The third-order valence-electron chi connectivity index (χ3n) is 2.49. The molecule has 0 saturated heterocycles. The summed E-state index contributed by atoms with van der Waals surface area (Å²) in [4.78, 5) is 17.8. The number of esters is 1. The second kappa shape index (κ2) is 7.32. The van der Waals surface area contributed by atoms with E-state index in [2.05, 4.69) is 19.7 Å². The summed E-state index contributed by atoms with van der Waals surface area (Å²) in [6.07, 6.45) is -1.02. The standard InChI is InChI=1S/C11H14N4O4/c1-19-11(18)9-7(3-2-5-13-9)10(17)8(16)4-6-14-15-12/h2-3,5,8,10,16-17H,4,6H2,1H3. The van der Waals surface area contributed by atoms with E-state index < -0.39 is 18.2 Å². The van der Waals surface area contributed by atoms with Gasteiger partial charge in [0.15, 0.2) is 5.69 Å². The van der Waals surface area contributed by atoms with E-state index in [1.165, 1.54) is 25.4 Å². The molecule has 0 spiro atoms. The zero-order chi connectivity index (χ0) is 14.3. The number of azide groups is 1. The van der Waals surface area contributed by atoms with E-state index in [0.29, 0.717) is 0 Å². The number of hydrogen-bond acceptors (Lipinski definition) is 6. The average Bonchev–Trinajstić information content (AvgIpc) is 2.45. The molecule has 0 aromatic carbocycles. The van der Waals surface area contributed by atoms with Gasteiger partial charge in [0.2, 0.25) is 0 Å². The van der Waals surface area contributed by atoms with Crippen molar-refractivity contribution in [3.63, 3.8) is 0 Å². The Morgan fingerprint density at radius 3 is 3.00 bits per heavy atom. The molecule has 19 heavy (non-hydrogen) atoms. The van der Waals surface area contributed by atoms with Crippen molar-refractivity contribution < 1.29 is 19.7 Å². The van der Waals surface area contributed by atoms with Crippen LogP contribution < -0.4 is 0 Å². The second-order valence-corrected chi connectivity index (χ2v) is 3.69. The lowest BCUT2D eigenvalue weighted by Gasteiger charge is -2.18. The Bertz CT molecular complexity index is 487. The Labute approximate surface area is 109 Å². The molecule has 1 heterocycles. The molecule has 8 nitrogen and oxygen atoms in total. The summed E-state index contributed by atoms with van der Waals surface area (Å²) < 4.78 is 4.54. The van der Waals surface area contributed by atoms with Crippen molar-refractivity contribution in [3.05, 3.63) is 40.0 Å². The summed E-state index contributed by atoms with van der Waals surface area (Å²) >= 11 is 0. The van der Waals surface area contributed by atoms with Gasteiger partial charge in [0, 0.05) is 23.2 Å². The van der Waals surface area contributed by atoms with Crippen LogP contribution in [-0.2, 0) is 4.74 Å². The number of hydrogen-bond donors (Lipinski definition) is 2. The fraction of sp³-hybridized carbons (Fsp3) is 0.455. The maximum Gasteiger partial charge on any atom is 0.357 e. The fourth-order valence-electron chi connectivity index (χ4n) is 1.52. The highest BCUT2D eigenvalue weighted by molar-refractivity contribution is 5.88. The summed E-state index contributed by atoms with van der Waals surface area (Å²) in [5.74, 6) is -0.697. The van der Waals surface area contributed by atoms with E-state index in [1.807, 2.05) is 0 Å². The number of methoxy groups -OCH3 is 1. The average molecular weight is 266 g/mol. The summed E-state index contributed by atoms with van der Waals surface area (Å²) in [6, 6.07) is 3.01. The number of carbonyl (C=O) groups is 1. The molecule has 2 unspecified atom stereocenters. The Morgan fingerprint density at radius 2 is 2.37 bits per heavy atom. The highest BCUT2D eigenvalue weighted by Gasteiger charge is 2.24. The molecule has 1 rings (SSSR count). The topological polar surface area (TPSA) is 128 Å². The smallest absolute Gasteiger partial charge is 0.357 e. The first kappa shape index (κ1) is 14.9. The lowest BCUT2D eigenvalue weighted by molar-refractivity contribution is 0.0135. The van der Waals surface area contributed by atoms with Gasteiger partial charge in [0.25, 0.3) is 0 Å². The van der Waals surface area contributed by atoms with E-state index in [4.69, 9.17) is 5.53 Å². The van der Waals surface area contributed by atoms with E-state index in [-0.39, 0.29) is 24.2 Å². The molecule has 0 radical (unpaired) electrons. The largest absolute Gasteiger partial charge is 0.464 e. The van der Waals surface area contributed by atoms with Crippen LogP contribution >= 0.6 is 0 Å². The van der Waals surface area contributed by atoms with Crippen LogP contribution in [0.4, 0.5) is 0 Å². The molecule has 0 fully saturated rings. The van der Waals surface area contributed by atoms with Crippen LogP contribution in [0.3, 0.4) is 0 Å². The lowest BCUT2D eigenvalue weighted by Crippen LogP contribution is -2.22. The molecule has 102 valence electrons. The van der Waals surface area contributed by atoms with Gasteiger partial charge in [-0.1, -0.05) is 11.2 Å². The Hall–Kier alpha value is -2.15. The van der Waals surface area contributed by atoms with Crippen LogP contribution in [0, 0.1) is 0 Å². The highest BCUT2D eigenvalue weighted by Crippen LogP contribution is 2.22. The van der Waals surface area contributed by atoms with Crippen molar-refractivity contribution in [2.24, 2.45) is 5.11 Å². The van der Waals surface area contributed by atoms with E-state index in [1.54, 1.807) is 0 Å².